The molecule has 4 rings (SSSR count). The summed E-state index contributed by atoms with van der Waals surface area (Å²) in [7, 11) is 0. The number of hydrogen-bond acceptors (Lipinski definition) is 5. The summed E-state index contributed by atoms with van der Waals surface area (Å²) in [6.45, 7) is 2.78. The molecule has 1 aliphatic heterocycles. The van der Waals surface area contributed by atoms with Gasteiger partial charge in [-0.05, 0) is 36.3 Å². The average Bonchev–Trinajstić information content (AvgIpc) is 2.79. The molecule has 0 N–H and O–H groups in total. The van der Waals surface area contributed by atoms with Crippen molar-refractivity contribution in [2.75, 3.05) is 31.1 Å². The Morgan fingerprint density at radius 1 is 0.893 bits per heavy atom. The van der Waals surface area contributed by atoms with Crippen molar-refractivity contribution in [3.63, 3.8) is 0 Å². The molecular formula is C22H19N5O. The number of carbonyl (C=O) groups excluding carboxylic acids is 1. The van der Waals surface area contributed by atoms with Gasteiger partial charge in [-0.2, -0.15) is 0 Å². The minimum absolute atomic E-state index is 0.0280. The maximum atomic E-state index is 12.9. The smallest absolute Gasteiger partial charge is 0.254 e. The van der Waals surface area contributed by atoms with Crippen LogP contribution in [0.15, 0.2) is 67.3 Å². The summed E-state index contributed by atoms with van der Waals surface area (Å²) in [5.74, 6) is 6.98. The number of nitrogens with zero attached hydrogens (tertiary/aromatic N) is 5. The number of hydrogen-bond donors (Lipinski definition) is 0. The molecule has 1 fully saturated rings. The number of piperazine rings is 1. The van der Waals surface area contributed by atoms with Crippen LogP contribution >= 0.6 is 0 Å². The van der Waals surface area contributed by atoms with Crippen LogP contribution in [0, 0.1) is 11.8 Å². The Bertz CT molecular complexity index is 1000. The van der Waals surface area contributed by atoms with Gasteiger partial charge in [0.15, 0.2) is 0 Å². The Hall–Kier alpha value is -3.72. The molecule has 0 bridgehead atoms. The summed E-state index contributed by atoms with van der Waals surface area (Å²) >= 11 is 0. The zero-order valence-electron chi connectivity index (χ0n) is 15.3. The minimum atomic E-state index is 0.0280. The minimum Gasteiger partial charge on any atom is -0.352 e. The van der Waals surface area contributed by atoms with Gasteiger partial charge in [0.25, 0.3) is 5.91 Å². The van der Waals surface area contributed by atoms with Crippen molar-refractivity contribution in [1.29, 1.82) is 0 Å². The van der Waals surface area contributed by atoms with Gasteiger partial charge in [0.2, 0.25) is 0 Å². The maximum Gasteiger partial charge on any atom is 0.254 e. The number of aromatic nitrogens is 3. The lowest BCUT2D eigenvalue weighted by atomic mass is 10.1. The molecule has 6 nitrogen and oxygen atoms in total. The van der Waals surface area contributed by atoms with E-state index in [-0.39, 0.29) is 5.91 Å². The van der Waals surface area contributed by atoms with Crippen molar-refractivity contribution >= 4 is 11.7 Å². The lowest BCUT2D eigenvalue weighted by Crippen LogP contribution is -2.49. The predicted molar refractivity (Wildman–Crippen MR) is 107 cm³/mol. The second kappa shape index (κ2) is 8.31. The Labute approximate surface area is 163 Å². The van der Waals surface area contributed by atoms with E-state index in [0.717, 1.165) is 24.5 Å². The molecule has 0 atom stereocenters. The van der Waals surface area contributed by atoms with Crippen LogP contribution in [0.3, 0.4) is 0 Å². The molecule has 28 heavy (non-hydrogen) atoms. The van der Waals surface area contributed by atoms with Crippen molar-refractivity contribution in [3.05, 3.63) is 84.1 Å². The van der Waals surface area contributed by atoms with E-state index < -0.39 is 0 Å². The number of rotatable bonds is 2. The maximum absolute atomic E-state index is 12.9. The van der Waals surface area contributed by atoms with Crippen molar-refractivity contribution in [1.82, 2.24) is 19.9 Å². The molecule has 0 radical (unpaired) electrons. The van der Waals surface area contributed by atoms with Gasteiger partial charge < -0.3 is 9.80 Å². The van der Waals surface area contributed by atoms with E-state index in [2.05, 4.69) is 31.7 Å². The Morgan fingerprint density at radius 3 is 2.54 bits per heavy atom. The van der Waals surface area contributed by atoms with Gasteiger partial charge in [-0.15, -0.1) is 0 Å². The topological polar surface area (TPSA) is 62.2 Å². The normalized spacial score (nSPS) is 13.6. The third kappa shape index (κ3) is 4.15. The summed E-state index contributed by atoms with van der Waals surface area (Å²) in [5.41, 5.74) is 2.16. The molecule has 1 amide bonds. The lowest BCUT2D eigenvalue weighted by Gasteiger charge is -2.35. The molecule has 2 aromatic heterocycles. The van der Waals surface area contributed by atoms with Gasteiger partial charge in [-0.3, -0.25) is 9.78 Å². The zero-order chi connectivity index (χ0) is 19.2. The van der Waals surface area contributed by atoms with E-state index in [1.54, 1.807) is 24.8 Å². The van der Waals surface area contributed by atoms with Crippen molar-refractivity contribution < 1.29 is 4.79 Å². The van der Waals surface area contributed by atoms with E-state index in [4.69, 9.17) is 0 Å². The highest BCUT2D eigenvalue weighted by atomic mass is 16.2. The van der Waals surface area contributed by atoms with Crippen LogP contribution in [0.5, 0.6) is 0 Å². The summed E-state index contributed by atoms with van der Waals surface area (Å²) in [6.07, 6.45) is 6.81. The van der Waals surface area contributed by atoms with E-state index in [1.807, 2.05) is 47.4 Å². The van der Waals surface area contributed by atoms with Gasteiger partial charge in [0.1, 0.15) is 11.5 Å². The van der Waals surface area contributed by atoms with Crippen molar-refractivity contribution in [3.8, 4) is 11.8 Å². The number of amides is 1. The van der Waals surface area contributed by atoms with Crippen LogP contribution in [0.4, 0.5) is 5.82 Å². The van der Waals surface area contributed by atoms with Gasteiger partial charge in [-0.1, -0.05) is 18.1 Å². The zero-order valence-corrected chi connectivity index (χ0v) is 15.3. The molecule has 0 saturated carbocycles. The summed E-state index contributed by atoms with van der Waals surface area (Å²) in [4.78, 5) is 29.5. The molecule has 1 aromatic carbocycles. The number of anilines is 1. The molecule has 1 saturated heterocycles. The molecule has 0 aliphatic carbocycles. The molecule has 0 spiro atoms. The molecule has 3 aromatic rings. The Balaban J connectivity index is 1.42. The van der Waals surface area contributed by atoms with Crippen LogP contribution in [0.25, 0.3) is 0 Å². The first kappa shape index (κ1) is 17.7. The number of carbonyl (C=O) groups is 1. The SMILES string of the molecule is O=C(c1cccc(C#Cc2ccccn2)c1)N1CCN(c2cnccn2)CC1. The molecule has 0 unspecified atom stereocenters. The van der Waals surface area contributed by atoms with Gasteiger partial charge in [0.05, 0.1) is 6.20 Å². The third-order valence-electron chi connectivity index (χ3n) is 4.55. The summed E-state index contributed by atoms with van der Waals surface area (Å²) in [6, 6.07) is 13.1. The van der Waals surface area contributed by atoms with Gasteiger partial charge >= 0.3 is 0 Å². The van der Waals surface area contributed by atoms with E-state index in [9.17, 15) is 4.79 Å². The Morgan fingerprint density at radius 2 is 1.79 bits per heavy atom. The van der Waals surface area contributed by atoms with Crippen molar-refractivity contribution in [2.24, 2.45) is 0 Å². The monoisotopic (exact) mass is 369 g/mol. The predicted octanol–water partition coefficient (Wildman–Crippen LogP) is 2.23. The lowest BCUT2D eigenvalue weighted by molar-refractivity contribution is 0.0746. The second-order valence-corrected chi connectivity index (χ2v) is 6.39. The fraction of sp³-hybridized carbons (Fsp3) is 0.182. The molecule has 138 valence electrons. The molecule has 6 heteroatoms. The van der Waals surface area contributed by atoms with Gasteiger partial charge in [-0.25, -0.2) is 9.97 Å². The van der Waals surface area contributed by atoms with Crippen LogP contribution in [0.1, 0.15) is 21.6 Å². The largest absolute Gasteiger partial charge is 0.352 e. The fourth-order valence-electron chi connectivity index (χ4n) is 3.08. The number of pyridine rings is 1. The average molecular weight is 369 g/mol. The van der Waals surface area contributed by atoms with Crippen LogP contribution in [-0.4, -0.2) is 51.9 Å². The third-order valence-corrected chi connectivity index (χ3v) is 4.55. The van der Waals surface area contributed by atoms with E-state index in [1.165, 1.54) is 0 Å². The second-order valence-electron chi connectivity index (χ2n) is 6.39. The van der Waals surface area contributed by atoms with Crippen LogP contribution < -0.4 is 4.90 Å². The first-order valence-corrected chi connectivity index (χ1v) is 9.13. The van der Waals surface area contributed by atoms with E-state index >= 15 is 0 Å². The molecular weight excluding hydrogens is 350 g/mol. The highest BCUT2D eigenvalue weighted by Crippen LogP contribution is 2.14. The first-order valence-electron chi connectivity index (χ1n) is 9.13. The highest BCUT2D eigenvalue weighted by Gasteiger charge is 2.22. The Kier molecular flexibility index (Phi) is 5.25. The standard InChI is InChI=1S/C22H19N5O/c28-22(27-14-12-26(13-15-27)21-17-23-10-11-25-21)19-5-3-4-18(16-19)7-8-20-6-1-2-9-24-20/h1-6,9-11,16-17H,12-15H2. The summed E-state index contributed by atoms with van der Waals surface area (Å²) < 4.78 is 0. The summed E-state index contributed by atoms with van der Waals surface area (Å²) in [5, 5.41) is 0. The molecule has 1 aliphatic rings. The molecule has 3 heterocycles. The number of benzene rings is 1. The van der Waals surface area contributed by atoms with Gasteiger partial charge in [0, 0.05) is 55.9 Å². The van der Waals surface area contributed by atoms with Crippen LogP contribution in [-0.2, 0) is 0 Å². The van der Waals surface area contributed by atoms with E-state index in [0.29, 0.717) is 24.3 Å². The van der Waals surface area contributed by atoms with Crippen LogP contribution in [0.2, 0.25) is 0 Å². The highest BCUT2D eigenvalue weighted by molar-refractivity contribution is 5.94. The quantitative estimate of drug-likeness (QED) is 0.649. The first-order chi connectivity index (χ1) is 13.8. The fourth-order valence-corrected chi connectivity index (χ4v) is 3.08. The van der Waals surface area contributed by atoms with Crippen molar-refractivity contribution in [2.45, 2.75) is 0 Å².